The summed E-state index contributed by atoms with van der Waals surface area (Å²) in [5.41, 5.74) is 0.801. The van der Waals surface area contributed by atoms with Gasteiger partial charge in [-0.3, -0.25) is 0 Å². The fourth-order valence-corrected chi connectivity index (χ4v) is 10.8. The summed E-state index contributed by atoms with van der Waals surface area (Å²) in [5, 5.41) is 43.9. The van der Waals surface area contributed by atoms with Crippen LogP contribution in [0.15, 0.2) is 11.6 Å². The Morgan fingerprint density at radius 1 is 0.824 bits per heavy atom. The predicted octanol–water partition coefficient (Wildman–Crippen LogP) is 5.08. The average Bonchev–Trinajstić information content (AvgIpc) is 2.76. The number of aliphatic hydroxyl groups is 4. The average molecular weight is 475 g/mol. The summed E-state index contributed by atoms with van der Waals surface area (Å²) in [6.07, 6.45) is 8.54. The normalized spacial score (nSPS) is 55.8. The van der Waals surface area contributed by atoms with E-state index in [1.54, 1.807) is 0 Å². The second-order valence-corrected chi connectivity index (χ2v) is 15.2. The summed E-state index contributed by atoms with van der Waals surface area (Å²) < 4.78 is 0. The van der Waals surface area contributed by atoms with Gasteiger partial charge < -0.3 is 20.4 Å². The molecule has 0 aromatic heterocycles. The summed E-state index contributed by atoms with van der Waals surface area (Å²) in [5.74, 6) is 1.22. The van der Waals surface area contributed by atoms with Gasteiger partial charge in [-0.15, -0.1) is 0 Å². The van der Waals surface area contributed by atoms with Gasteiger partial charge in [-0.25, -0.2) is 0 Å². The Labute approximate surface area is 207 Å². The number of fused-ring (bicyclic) bond motifs is 7. The number of hydrogen-bond donors (Lipinski definition) is 4. The number of rotatable bonds is 1. The molecule has 0 aromatic rings. The predicted molar refractivity (Wildman–Crippen MR) is 135 cm³/mol. The van der Waals surface area contributed by atoms with Crippen LogP contribution in [0.4, 0.5) is 0 Å². The molecule has 5 rings (SSSR count). The van der Waals surface area contributed by atoms with Crippen molar-refractivity contribution < 1.29 is 20.4 Å². The monoisotopic (exact) mass is 474 g/mol. The smallest absolute Gasteiger partial charge is 0.0888 e. The molecule has 4 N–H and O–H groups in total. The highest BCUT2D eigenvalue weighted by molar-refractivity contribution is 5.35. The van der Waals surface area contributed by atoms with Gasteiger partial charge in [0.1, 0.15) is 0 Å². The Morgan fingerprint density at radius 3 is 2.15 bits per heavy atom. The first-order valence-corrected chi connectivity index (χ1v) is 14.0. The summed E-state index contributed by atoms with van der Waals surface area (Å²) in [4.78, 5) is 0. The fraction of sp³-hybridized carbons (Fsp3) is 0.933. The molecule has 194 valence electrons. The van der Waals surface area contributed by atoms with Crippen LogP contribution in [0.2, 0.25) is 0 Å². The molecule has 5 aliphatic carbocycles. The Kier molecular flexibility index (Phi) is 5.44. The van der Waals surface area contributed by atoms with E-state index >= 15 is 0 Å². The highest BCUT2D eigenvalue weighted by Crippen LogP contribution is 2.75. The Bertz CT molecular complexity index is 877. The summed E-state index contributed by atoms with van der Waals surface area (Å²) >= 11 is 0. The Hall–Kier alpha value is -0.420. The molecular formula is C30H50O4. The minimum absolute atomic E-state index is 0.0333. The molecule has 0 aromatic carbocycles. The standard InChI is InChI=1S/C30H50O4/c1-25(2)16-19-18-8-9-21-27(5)12-11-22(32)26(3,4)20(27)10-13-29(21,7)28(18,6)14-15-30(19,17-31)24(34)23(25)33/h8,19-24,31-34H,9-17H2,1-7H3/t19-,20-,21+,22-,23-,24-,27-,28+,29+,30-/m0/s1. The molecule has 0 unspecified atom stereocenters. The summed E-state index contributed by atoms with van der Waals surface area (Å²) in [7, 11) is 0. The first-order chi connectivity index (χ1) is 15.6. The lowest BCUT2D eigenvalue weighted by Gasteiger charge is -2.72. The lowest BCUT2D eigenvalue weighted by atomic mass is 9.33. The van der Waals surface area contributed by atoms with Gasteiger partial charge in [-0.2, -0.15) is 0 Å². The second-order valence-electron chi connectivity index (χ2n) is 15.2. The molecule has 0 aliphatic heterocycles. The molecular weight excluding hydrogens is 424 g/mol. The summed E-state index contributed by atoms with van der Waals surface area (Å²) in [6.45, 7) is 16.2. The van der Waals surface area contributed by atoms with Crippen molar-refractivity contribution in [1.82, 2.24) is 0 Å². The van der Waals surface area contributed by atoms with Crippen molar-refractivity contribution in [2.75, 3.05) is 6.61 Å². The zero-order valence-electron chi connectivity index (χ0n) is 22.7. The van der Waals surface area contributed by atoms with E-state index in [0.29, 0.717) is 11.8 Å². The molecule has 0 radical (unpaired) electrons. The molecule has 10 atom stereocenters. The van der Waals surface area contributed by atoms with E-state index in [2.05, 4.69) is 54.5 Å². The molecule has 0 spiro atoms. The first-order valence-electron chi connectivity index (χ1n) is 14.0. The van der Waals surface area contributed by atoms with Crippen molar-refractivity contribution in [1.29, 1.82) is 0 Å². The summed E-state index contributed by atoms with van der Waals surface area (Å²) in [6, 6.07) is 0. The maximum atomic E-state index is 11.3. The van der Waals surface area contributed by atoms with Gasteiger partial charge >= 0.3 is 0 Å². The van der Waals surface area contributed by atoms with Gasteiger partial charge in [-0.05, 0) is 96.2 Å². The van der Waals surface area contributed by atoms with Crippen LogP contribution in [0.3, 0.4) is 0 Å². The van der Waals surface area contributed by atoms with Gasteiger partial charge in [0.05, 0.1) is 24.9 Å². The van der Waals surface area contributed by atoms with Crippen LogP contribution < -0.4 is 0 Å². The van der Waals surface area contributed by atoms with Crippen molar-refractivity contribution in [2.45, 2.75) is 118 Å². The number of hydrogen-bond acceptors (Lipinski definition) is 4. The first kappa shape index (κ1) is 25.2. The Balaban J connectivity index is 1.60. The quantitative estimate of drug-likeness (QED) is 0.399. The molecule has 4 fully saturated rings. The van der Waals surface area contributed by atoms with Crippen LogP contribution in [0.25, 0.3) is 0 Å². The third-order valence-electron chi connectivity index (χ3n) is 13.4. The molecule has 0 heterocycles. The zero-order chi connectivity index (χ0) is 25.1. The highest BCUT2D eigenvalue weighted by atomic mass is 16.3. The van der Waals surface area contributed by atoms with Gasteiger partial charge in [0.25, 0.3) is 0 Å². The van der Waals surface area contributed by atoms with E-state index in [1.165, 1.54) is 18.4 Å². The molecule has 0 amide bonds. The third-order valence-corrected chi connectivity index (χ3v) is 13.4. The van der Waals surface area contributed by atoms with Crippen molar-refractivity contribution in [3.63, 3.8) is 0 Å². The largest absolute Gasteiger partial charge is 0.396 e. The molecule has 4 nitrogen and oxygen atoms in total. The van der Waals surface area contributed by atoms with Crippen LogP contribution in [0.5, 0.6) is 0 Å². The van der Waals surface area contributed by atoms with E-state index in [4.69, 9.17) is 0 Å². The van der Waals surface area contributed by atoms with E-state index in [-0.39, 0.29) is 45.7 Å². The number of aliphatic hydroxyl groups excluding tert-OH is 4. The van der Waals surface area contributed by atoms with Crippen molar-refractivity contribution in [2.24, 2.45) is 50.2 Å². The molecule has 4 saturated carbocycles. The molecule has 5 aliphatic rings. The molecule has 34 heavy (non-hydrogen) atoms. The maximum Gasteiger partial charge on any atom is 0.0888 e. The van der Waals surface area contributed by atoms with E-state index in [1.807, 2.05) is 0 Å². The maximum absolute atomic E-state index is 11.3. The van der Waals surface area contributed by atoms with E-state index < -0.39 is 17.6 Å². The minimum atomic E-state index is -0.892. The van der Waals surface area contributed by atoms with Crippen molar-refractivity contribution in [3.05, 3.63) is 11.6 Å². The van der Waals surface area contributed by atoms with Gasteiger partial charge in [0.2, 0.25) is 0 Å². The third kappa shape index (κ3) is 2.81. The van der Waals surface area contributed by atoms with Gasteiger partial charge in [0.15, 0.2) is 0 Å². The molecule has 0 bridgehead atoms. The van der Waals surface area contributed by atoms with Crippen molar-refractivity contribution >= 4 is 0 Å². The lowest BCUT2D eigenvalue weighted by molar-refractivity contribution is -0.227. The van der Waals surface area contributed by atoms with E-state index in [9.17, 15) is 20.4 Å². The lowest BCUT2D eigenvalue weighted by Crippen LogP contribution is -2.67. The SMILES string of the molecule is CC1(C)C[C@H]2C3=CC[C@@H]4[C@@]5(C)CC[C@H](O)C(C)(C)[C@@H]5CC[C@@]4(C)[C@]3(C)CC[C@@]2(CO)[C@@H](O)[C@@H]1O. The molecule has 4 heteroatoms. The van der Waals surface area contributed by atoms with E-state index in [0.717, 1.165) is 38.5 Å². The van der Waals surface area contributed by atoms with Crippen LogP contribution in [-0.4, -0.2) is 45.3 Å². The molecule has 0 saturated heterocycles. The van der Waals surface area contributed by atoms with Crippen LogP contribution in [0.1, 0.15) is 99.8 Å². The van der Waals surface area contributed by atoms with Crippen molar-refractivity contribution in [3.8, 4) is 0 Å². The van der Waals surface area contributed by atoms with Gasteiger partial charge in [0, 0.05) is 5.41 Å². The second kappa shape index (κ2) is 7.33. The van der Waals surface area contributed by atoms with Crippen LogP contribution in [0, 0.1) is 50.2 Å². The van der Waals surface area contributed by atoms with Crippen LogP contribution >= 0.6 is 0 Å². The highest BCUT2D eigenvalue weighted by Gasteiger charge is 2.69. The number of allylic oxidation sites excluding steroid dienone is 2. The fourth-order valence-electron chi connectivity index (χ4n) is 10.8. The topological polar surface area (TPSA) is 80.9 Å². The van der Waals surface area contributed by atoms with Gasteiger partial charge in [-0.1, -0.05) is 60.1 Å². The Morgan fingerprint density at radius 2 is 1.50 bits per heavy atom. The minimum Gasteiger partial charge on any atom is -0.396 e. The van der Waals surface area contributed by atoms with Crippen LogP contribution in [-0.2, 0) is 0 Å². The zero-order valence-corrected chi connectivity index (χ0v) is 22.7.